The van der Waals surface area contributed by atoms with Gasteiger partial charge in [0.2, 0.25) is 0 Å². The normalized spacial score (nSPS) is 10.8. The van der Waals surface area contributed by atoms with Gasteiger partial charge in [0.1, 0.15) is 5.75 Å². The summed E-state index contributed by atoms with van der Waals surface area (Å²) in [4.78, 5) is 0. The van der Waals surface area contributed by atoms with Crippen molar-refractivity contribution in [2.45, 2.75) is 20.4 Å². The van der Waals surface area contributed by atoms with Crippen molar-refractivity contribution in [3.8, 4) is 22.6 Å². The number of benzene rings is 2. The van der Waals surface area contributed by atoms with Gasteiger partial charge >= 0.3 is 0 Å². The zero-order chi connectivity index (χ0) is 17.1. The van der Waals surface area contributed by atoms with Crippen LogP contribution in [0.5, 0.6) is 5.75 Å². The van der Waals surface area contributed by atoms with E-state index in [1.165, 1.54) is 11.1 Å². The summed E-state index contributed by atoms with van der Waals surface area (Å²) < 4.78 is 7.43. The third-order valence-corrected chi connectivity index (χ3v) is 4.08. The summed E-state index contributed by atoms with van der Waals surface area (Å²) in [7, 11) is 3.65. The van der Waals surface area contributed by atoms with Gasteiger partial charge in [0, 0.05) is 17.8 Å². The fourth-order valence-corrected chi connectivity index (χ4v) is 2.99. The monoisotopic (exact) mass is 321 g/mol. The predicted molar refractivity (Wildman–Crippen MR) is 97.8 cm³/mol. The van der Waals surface area contributed by atoms with E-state index in [4.69, 9.17) is 4.74 Å². The molecule has 3 rings (SSSR count). The van der Waals surface area contributed by atoms with Crippen LogP contribution in [0, 0.1) is 13.8 Å². The van der Waals surface area contributed by atoms with Gasteiger partial charge in [0.25, 0.3) is 0 Å². The van der Waals surface area contributed by atoms with Crippen molar-refractivity contribution in [2.24, 2.45) is 0 Å². The molecule has 4 heteroatoms. The van der Waals surface area contributed by atoms with Gasteiger partial charge in [-0.05, 0) is 62.4 Å². The van der Waals surface area contributed by atoms with Crippen LogP contribution in [0.15, 0.2) is 48.5 Å². The number of hydrogen-bond acceptors (Lipinski definition) is 3. The first-order chi connectivity index (χ1) is 11.6. The summed E-state index contributed by atoms with van der Waals surface area (Å²) in [5.41, 5.74) is 6.72. The molecule has 0 aliphatic heterocycles. The maximum Gasteiger partial charge on any atom is 0.123 e. The topological polar surface area (TPSA) is 39.1 Å². The Balaban J connectivity index is 2.03. The molecule has 0 radical (unpaired) electrons. The maximum atomic E-state index is 5.45. The molecule has 0 saturated heterocycles. The number of ether oxygens (including phenoxy) is 1. The van der Waals surface area contributed by atoms with Gasteiger partial charge in [0.15, 0.2) is 0 Å². The molecule has 0 aliphatic carbocycles. The summed E-state index contributed by atoms with van der Waals surface area (Å²) in [6, 6.07) is 16.8. The molecule has 0 aliphatic rings. The quantitative estimate of drug-likeness (QED) is 0.775. The molecule has 0 bridgehead atoms. The van der Waals surface area contributed by atoms with E-state index in [1.54, 1.807) is 7.11 Å². The van der Waals surface area contributed by atoms with Gasteiger partial charge in [-0.2, -0.15) is 5.10 Å². The third-order valence-electron chi connectivity index (χ3n) is 4.08. The van der Waals surface area contributed by atoms with E-state index in [9.17, 15) is 0 Å². The molecule has 4 nitrogen and oxygen atoms in total. The summed E-state index contributed by atoms with van der Waals surface area (Å²) in [5, 5.41) is 7.77. The number of aromatic nitrogens is 2. The molecule has 0 fully saturated rings. The molecular formula is C20H23N3O. The maximum absolute atomic E-state index is 5.45. The van der Waals surface area contributed by atoms with Crippen molar-refractivity contribution >= 4 is 0 Å². The Morgan fingerprint density at radius 1 is 1.04 bits per heavy atom. The molecule has 3 aromatic rings. The summed E-state index contributed by atoms with van der Waals surface area (Å²) in [5.74, 6) is 0.905. The van der Waals surface area contributed by atoms with E-state index in [0.717, 1.165) is 34.9 Å². The minimum absolute atomic E-state index is 0.772. The van der Waals surface area contributed by atoms with E-state index in [2.05, 4.69) is 59.8 Å². The van der Waals surface area contributed by atoms with Gasteiger partial charge in [-0.15, -0.1) is 0 Å². The van der Waals surface area contributed by atoms with Crippen LogP contribution in [0.4, 0.5) is 0 Å². The van der Waals surface area contributed by atoms with Crippen LogP contribution < -0.4 is 10.1 Å². The lowest BCUT2D eigenvalue weighted by atomic mass is 10.0. The number of rotatable bonds is 5. The van der Waals surface area contributed by atoms with Gasteiger partial charge < -0.3 is 10.1 Å². The second-order valence-corrected chi connectivity index (χ2v) is 5.95. The number of nitrogens with one attached hydrogen (secondary N) is 1. The summed E-state index contributed by atoms with van der Waals surface area (Å²) in [6.45, 7) is 4.86. The lowest BCUT2D eigenvalue weighted by molar-refractivity contribution is 0.408. The van der Waals surface area contributed by atoms with E-state index in [1.807, 2.05) is 24.7 Å². The highest BCUT2D eigenvalue weighted by atomic mass is 16.5. The van der Waals surface area contributed by atoms with Crippen LogP contribution in [0.1, 0.15) is 17.0 Å². The smallest absolute Gasteiger partial charge is 0.123 e. The summed E-state index contributed by atoms with van der Waals surface area (Å²) >= 11 is 0. The molecule has 2 aromatic carbocycles. The largest absolute Gasteiger partial charge is 0.496 e. The average Bonchev–Trinajstić information content (AvgIpc) is 2.93. The van der Waals surface area contributed by atoms with Crippen molar-refractivity contribution in [1.82, 2.24) is 15.1 Å². The lowest BCUT2D eigenvalue weighted by Crippen LogP contribution is -2.06. The Bertz CT molecular complexity index is 852. The molecule has 0 saturated carbocycles. The second kappa shape index (κ2) is 6.89. The molecule has 0 unspecified atom stereocenters. The molecule has 24 heavy (non-hydrogen) atoms. The average molecular weight is 321 g/mol. The van der Waals surface area contributed by atoms with Gasteiger partial charge in [-0.3, -0.25) is 0 Å². The van der Waals surface area contributed by atoms with Gasteiger partial charge in [-0.25, -0.2) is 4.68 Å². The molecule has 0 atom stereocenters. The number of aryl methyl sites for hydroxylation is 2. The Kier molecular flexibility index (Phi) is 4.67. The van der Waals surface area contributed by atoms with Crippen LogP contribution in [0.25, 0.3) is 16.8 Å². The molecule has 0 amide bonds. The zero-order valence-corrected chi connectivity index (χ0v) is 14.6. The van der Waals surface area contributed by atoms with Crippen molar-refractivity contribution in [3.63, 3.8) is 0 Å². The van der Waals surface area contributed by atoms with E-state index < -0.39 is 0 Å². The third kappa shape index (κ3) is 3.19. The first-order valence-corrected chi connectivity index (χ1v) is 8.08. The Hall–Kier alpha value is -2.59. The Morgan fingerprint density at radius 3 is 2.50 bits per heavy atom. The fourth-order valence-electron chi connectivity index (χ4n) is 2.99. The summed E-state index contributed by atoms with van der Waals surface area (Å²) in [6.07, 6.45) is 0. The van der Waals surface area contributed by atoms with Crippen LogP contribution in [-0.4, -0.2) is 23.9 Å². The van der Waals surface area contributed by atoms with E-state index >= 15 is 0 Å². The minimum Gasteiger partial charge on any atom is -0.496 e. The van der Waals surface area contributed by atoms with Gasteiger partial charge in [0.05, 0.1) is 18.5 Å². The standard InChI is InChI=1S/C20H23N3O/c1-14-10-15(2)23(22-14)19-7-5-6-16(12-19)17-8-9-20(24-4)18(11-17)13-21-3/h5-12,21H,13H2,1-4H3. The highest BCUT2D eigenvalue weighted by Crippen LogP contribution is 2.28. The first-order valence-electron chi connectivity index (χ1n) is 8.08. The van der Waals surface area contributed by atoms with Crippen molar-refractivity contribution in [2.75, 3.05) is 14.2 Å². The highest BCUT2D eigenvalue weighted by molar-refractivity contribution is 5.68. The highest BCUT2D eigenvalue weighted by Gasteiger charge is 2.08. The molecular weight excluding hydrogens is 298 g/mol. The second-order valence-electron chi connectivity index (χ2n) is 5.95. The predicted octanol–water partition coefficient (Wildman–Crippen LogP) is 3.88. The number of nitrogens with zero attached hydrogens (tertiary/aromatic N) is 2. The zero-order valence-electron chi connectivity index (χ0n) is 14.6. The Morgan fingerprint density at radius 2 is 1.83 bits per heavy atom. The fraction of sp³-hybridized carbons (Fsp3) is 0.250. The SMILES string of the molecule is CNCc1cc(-c2cccc(-n3nc(C)cc3C)c2)ccc1OC. The molecule has 1 N–H and O–H groups in total. The molecule has 1 aromatic heterocycles. The number of hydrogen-bond donors (Lipinski definition) is 1. The van der Waals surface area contributed by atoms with Crippen molar-refractivity contribution < 1.29 is 4.74 Å². The first kappa shape index (κ1) is 16.3. The minimum atomic E-state index is 0.772. The van der Waals surface area contributed by atoms with Crippen LogP contribution >= 0.6 is 0 Å². The van der Waals surface area contributed by atoms with Crippen LogP contribution in [0.2, 0.25) is 0 Å². The lowest BCUT2D eigenvalue weighted by Gasteiger charge is -2.12. The molecule has 1 heterocycles. The van der Waals surface area contributed by atoms with Gasteiger partial charge in [-0.1, -0.05) is 18.2 Å². The molecule has 124 valence electrons. The van der Waals surface area contributed by atoms with Crippen molar-refractivity contribution in [1.29, 1.82) is 0 Å². The molecule has 0 spiro atoms. The Labute approximate surface area is 143 Å². The van der Waals surface area contributed by atoms with E-state index in [0.29, 0.717) is 0 Å². The van der Waals surface area contributed by atoms with Crippen LogP contribution in [-0.2, 0) is 6.54 Å². The van der Waals surface area contributed by atoms with E-state index in [-0.39, 0.29) is 0 Å². The van der Waals surface area contributed by atoms with Crippen molar-refractivity contribution in [3.05, 3.63) is 65.5 Å². The van der Waals surface area contributed by atoms with Crippen LogP contribution in [0.3, 0.4) is 0 Å². The number of methoxy groups -OCH3 is 1.